The Kier molecular flexibility index (Phi) is 30.7. The monoisotopic (exact) mass is 1700 g/mol. The molecule has 4 N–H and O–H groups in total. The van der Waals surface area contributed by atoms with Gasteiger partial charge in [0.25, 0.3) is 23.6 Å². The number of hydrogen-bond donors (Lipinski definition) is 4. The fourth-order valence-corrected chi connectivity index (χ4v) is 12.2. The summed E-state index contributed by atoms with van der Waals surface area (Å²) in [6.07, 6.45) is 8.42. The number of carbonyl (C=O) groups is 6. The van der Waals surface area contributed by atoms with Crippen molar-refractivity contribution in [1.29, 1.82) is 21.0 Å². The number of rotatable bonds is 20. The molecule has 22 nitrogen and oxygen atoms in total. The van der Waals surface area contributed by atoms with Gasteiger partial charge in [0.1, 0.15) is 69.6 Å². The summed E-state index contributed by atoms with van der Waals surface area (Å²) in [4.78, 5) is 102. The third kappa shape index (κ3) is 22.8. The number of hydrogen-bond acceptors (Lipinski definition) is 18. The third-order valence-corrected chi connectivity index (χ3v) is 19.2. The van der Waals surface area contributed by atoms with Crippen LogP contribution in [-0.2, 0) is 30.1 Å². The molecule has 0 spiro atoms. The van der Waals surface area contributed by atoms with Crippen molar-refractivity contribution in [3.8, 4) is 24.3 Å². The second-order valence-corrected chi connectivity index (χ2v) is 27.8. The second-order valence-electron chi connectivity index (χ2n) is 25.8. The number of ether oxygens (including phenoxy) is 2. The molecule has 0 aliphatic carbocycles. The molecule has 12 rings (SSSR count). The first-order valence-corrected chi connectivity index (χ1v) is 36.9. The number of pyridine rings is 2. The predicted molar refractivity (Wildman–Crippen MR) is 430 cm³/mol. The first kappa shape index (κ1) is 89.0. The molecule has 4 aromatic heterocycles. The highest BCUT2D eigenvalue weighted by atomic mass is 35.5. The minimum atomic E-state index is -1.42. The highest BCUT2D eigenvalue weighted by Crippen LogP contribution is 2.37. The van der Waals surface area contributed by atoms with Gasteiger partial charge in [0.05, 0.1) is 101 Å². The number of carbonyl (C=O) groups excluding carboxylic acids is 6. The Morgan fingerprint density at radius 1 is 0.412 bits per heavy atom. The number of aromatic nitrogens is 6. The lowest BCUT2D eigenvalue weighted by molar-refractivity contribution is -0.143. The fourth-order valence-electron chi connectivity index (χ4n) is 11.6. The summed E-state index contributed by atoms with van der Waals surface area (Å²) < 4.78 is 79.4. The Bertz CT molecular complexity index is 5660. The average Bonchev–Trinajstić information content (AvgIpc) is 0.768. The lowest BCUT2D eigenvalue weighted by atomic mass is 9.82. The van der Waals surface area contributed by atoms with Gasteiger partial charge in [-0.3, -0.25) is 43.7 Å². The second kappa shape index (κ2) is 41.1. The average molecular weight is 1700 g/mol. The van der Waals surface area contributed by atoms with Crippen LogP contribution in [0.4, 0.5) is 22.0 Å². The molecule has 0 fully saturated rings. The van der Waals surface area contributed by atoms with Crippen LogP contribution in [0.1, 0.15) is 150 Å². The Balaban J connectivity index is 0.000000181. The zero-order chi connectivity index (χ0) is 86.3. The lowest BCUT2D eigenvalue weighted by Crippen LogP contribution is -2.49. The van der Waals surface area contributed by atoms with Crippen molar-refractivity contribution in [2.75, 3.05) is 14.2 Å². The van der Waals surface area contributed by atoms with Crippen LogP contribution in [0.2, 0.25) is 25.2 Å². The van der Waals surface area contributed by atoms with E-state index in [1.54, 1.807) is 129 Å². The number of nitriles is 4. The van der Waals surface area contributed by atoms with E-state index in [9.17, 15) is 56.0 Å². The summed E-state index contributed by atoms with van der Waals surface area (Å²) >= 11 is 29.3. The fraction of sp³-hybridized carbons (Fsp3) is 0.126. The standard InChI is InChI=1S/C25H22ClN3O3.C24H19ClFN3O3.C19H10Cl2F2N4O.C19H11ClF2N4O/c1-16-4-11-22(28-15-16)25(13-23(30)32-3,20-7-9-21(26)10-8-20)29-24(31)18-5-6-19(14-27)17(2)12-18;1-15-3-10-21(28-14-15)24(12-22(30)32-2,18-6-8-19(25)9-7-18)29-23(31)16-4-5-17(13-27)20(26)11-16;20-13-4-3-10(5-15(13)23)18(16-8-26-17(21)9-25-16)27-19(28)11-1-2-12(7-24)14(22)6-11;20-14-5-4-11(8-16(14)22)17(18-24-6-1-7-25-18)26-19(27)12-2-3-13(10-23)15(21)9-12/h4-12,15H,13H2,1-3H3,(H,29,31);3-11,14H,12H2,1-2H3,(H,29,31);1-6,8-9,18H,(H,27,28);1-9,17H,(H,26,27)/t;;18-;17-/m..01/s1. The van der Waals surface area contributed by atoms with Gasteiger partial charge >= 0.3 is 11.9 Å². The first-order valence-electron chi connectivity index (χ1n) is 35.0. The van der Waals surface area contributed by atoms with E-state index in [0.29, 0.717) is 60.4 Å². The summed E-state index contributed by atoms with van der Waals surface area (Å²) in [6, 6.07) is 51.0. The Hall–Kier alpha value is -13.9. The van der Waals surface area contributed by atoms with Gasteiger partial charge < -0.3 is 30.7 Å². The number of benzene rings is 8. The van der Waals surface area contributed by atoms with Crippen LogP contribution < -0.4 is 21.3 Å². The highest BCUT2D eigenvalue weighted by molar-refractivity contribution is 6.31. The minimum absolute atomic E-state index is 0.00173. The number of nitrogens with zero attached hydrogens (tertiary/aromatic N) is 10. The van der Waals surface area contributed by atoms with Crippen LogP contribution in [-0.4, -0.2) is 79.7 Å². The van der Waals surface area contributed by atoms with Crippen molar-refractivity contribution in [2.45, 2.75) is 56.8 Å². The van der Waals surface area contributed by atoms with Gasteiger partial charge in [-0.25, -0.2) is 36.9 Å². The van der Waals surface area contributed by atoms with E-state index in [2.05, 4.69) is 57.2 Å². The van der Waals surface area contributed by atoms with Crippen molar-refractivity contribution in [3.05, 3.63) is 386 Å². The summed E-state index contributed by atoms with van der Waals surface area (Å²) in [7, 11) is 2.54. The van der Waals surface area contributed by atoms with Crippen molar-refractivity contribution >= 4 is 93.6 Å². The van der Waals surface area contributed by atoms with E-state index in [1.165, 1.54) is 106 Å². The molecule has 119 heavy (non-hydrogen) atoms. The van der Waals surface area contributed by atoms with E-state index < -0.39 is 87.8 Å². The molecule has 0 saturated carbocycles. The molecule has 12 aromatic rings. The van der Waals surface area contributed by atoms with Crippen LogP contribution in [0.5, 0.6) is 0 Å². The number of amides is 4. The van der Waals surface area contributed by atoms with E-state index in [1.807, 2.05) is 19.9 Å². The SMILES string of the molecule is COC(=O)CC(NC(=O)c1ccc(C#N)c(C)c1)(c1ccc(Cl)cc1)c1ccc(C)cn1.COC(=O)CC(NC(=O)c1ccc(C#N)c(F)c1)(c1ccc(Cl)cc1)c1ccc(C)cn1.N#Cc1ccc(C(=O)N[C@@H](c2ccc(Cl)c(F)c2)c2cnc(Cl)cn2)cc1F.N#Cc1ccc(C(=O)N[C@H](c2ccc(Cl)c(F)c2)c2ncccn2)cc1F. The lowest BCUT2D eigenvalue weighted by Gasteiger charge is -2.34. The largest absolute Gasteiger partial charge is 0.469 e. The number of methoxy groups -OCH3 is 2. The minimum Gasteiger partial charge on any atom is -0.469 e. The van der Waals surface area contributed by atoms with Crippen LogP contribution >= 0.6 is 58.0 Å². The van der Waals surface area contributed by atoms with Crippen molar-refractivity contribution < 1.29 is 60.2 Å². The van der Waals surface area contributed by atoms with Gasteiger partial charge in [-0.1, -0.05) is 107 Å². The molecule has 0 aliphatic rings. The maximum Gasteiger partial charge on any atom is 0.308 e. The molecule has 4 amide bonds. The van der Waals surface area contributed by atoms with Crippen LogP contribution in [0.15, 0.2) is 225 Å². The zero-order valence-electron chi connectivity index (χ0n) is 62.9. The molecule has 2 unspecified atom stereocenters. The third-order valence-electron chi connectivity index (χ3n) is 17.8. The number of esters is 2. The first-order chi connectivity index (χ1) is 56.9. The van der Waals surface area contributed by atoms with Gasteiger partial charge in [0.2, 0.25) is 0 Å². The van der Waals surface area contributed by atoms with Gasteiger partial charge in [-0.2, -0.15) is 21.0 Å². The smallest absolute Gasteiger partial charge is 0.308 e. The van der Waals surface area contributed by atoms with E-state index >= 15 is 0 Å². The molecule has 4 heterocycles. The van der Waals surface area contributed by atoms with Crippen molar-refractivity contribution in [3.63, 3.8) is 0 Å². The summed E-state index contributed by atoms with van der Waals surface area (Å²) in [6.45, 7) is 5.52. The molecule has 0 aliphatic heterocycles. The summed E-state index contributed by atoms with van der Waals surface area (Å²) in [5, 5.41) is 47.9. The number of halogens is 10. The molecule has 0 radical (unpaired) electrons. The van der Waals surface area contributed by atoms with Gasteiger partial charge in [-0.05, 0) is 199 Å². The quantitative estimate of drug-likeness (QED) is 0.0407. The van der Waals surface area contributed by atoms with Crippen LogP contribution in [0, 0.1) is 95.2 Å². The zero-order valence-corrected chi connectivity index (χ0v) is 66.7. The van der Waals surface area contributed by atoms with Gasteiger partial charge in [-0.15, -0.1) is 0 Å². The van der Waals surface area contributed by atoms with E-state index in [4.69, 9.17) is 83.3 Å². The van der Waals surface area contributed by atoms with Gasteiger partial charge in [0, 0.05) is 57.1 Å². The van der Waals surface area contributed by atoms with E-state index in [-0.39, 0.29) is 72.9 Å². The maximum absolute atomic E-state index is 14.1. The summed E-state index contributed by atoms with van der Waals surface area (Å²) in [5.74, 6) is -7.03. The molecule has 0 saturated heterocycles. The van der Waals surface area contributed by atoms with Crippen molar-refractivity contribution in [2.24, 2.45) is 0 Å². The Morgan fingerprint density at radius 2 is 0.798 bits per heavy atom. The molecule has 32 heteroatoms. The predicted octanol–water partition coefficient (Wildman–Crippen LogP) is 17.0. The molecule has 4 atom stereocenters. The molecule has 598 valence electrons. The normalized spacial score (nSPS) is 12.0. The molecule has 8 aromatic carbocycles. The topological polar surface area (TPSA) is 341 Å². The highest BCUT2D eigenvalue weighted by Gasteiger charge is 2.42. The Labute approximate surface area is 702 Å². The maximum atomic E-state index is 14.1. The summed E-state index contributed by atoms with van der Waals surface area (Å²) in [5.41, 5.74) is 3.08. The van der Waals surface area contributed by atoms with E-state index in [0.717, 1.165) is 35.4 Å². The molecule has 0 bridgehead atoms. The van der Waals surface area contributed by atoms with Gasteiger partial charge in [0.15, 0.2) is 5.82 Å². The van der Waals surface area contributed by atoms with Crippen LogP contribution in [0.25, 0.3) is 0 Å². The number of nitrogens with one attached hydrogen (secondary N) is 4. The van der Waals surface area contributed by atoms with Crippen LogP contribution in [0.3, 0.4) is 0 Å². The molecular weight excluding hydrogens is 1640 g/mol. The number of aryl methyl sites for hydroxylation is 3. The molecular formula is C87H62Cl5F5N14O8. The van der Waals surface area contributed by atoms with Crippen molar-refractivity contribution in [1.82, 2.24) is 51.2 Å². The Morgan fingerprint density at radius 3 is 1.15 bits per heavy atom.